The Morgan fingerprint density at radius 1 is 0.960 bits per heavy atom. The number of rotatable bonds is 10. The van der Waals surface area contributed by atoms with Gasteiger partial charge >= 0.3 is 0 Å². The van der Waals surface area contributed by atoms with Gasteiger partial charge in [0.05, 0.1) is 12.7 Å². The van der Waals surface area contributed by atoms with Crippen LogP contribution >= 0.6 is 0 Å². The minimum Gasteiger partial charge on any atom is -0.389 e. The quantitative estimate of drug-likeness (QED) is 0.710. The van der Waals surface area contributed by atoms with E-state index in [0.29, 0.717) is 38.8 Å². The van der Waals surface area contributed by atoms with Crippen LogP contribution in [0.4, 0.5) is 4.39 Å². The summed E-state index contributed by atoms with van der Waals surface area (Å²) in [5, 5.41) is 10.3. The molecule has 0 radical (unpaired) electrons. The minimum atomic E-state index is -0.573. The lowest BCUT2D eigenvalue weighted by Crippen LogP contribution is -2.34. The number of hydrogen-bond acceptors (Lipinski definition) is 3. The highest BCUT2D eigenvalue weighted by Gasteiger charge is 2.14. The average molecular weight is 345 g/mol. The van der Waals surface area contributed by atoms with Crippen LogP contribution in [0.1, 0.15) is 25.0 Å². The molecule has 0 saturated carbocycles. The first kappa shape index (κ1) is 19.6. The number of ether oxygens (including phenoxy) is 1. The van der Waals surface area contributed by atoms with Gasteiger partial charge in [-0.3, -0.25) is 4.90 Å². The number of aliphatic hydroxyl groups is 1. The van der Waals surface area contributed by atoms with Crippen molar-refractivity contribution in [3.63, 3.8) is 0 Å². The summed E-state index contributed by atoms with van der Waals surface area (Å²) in [5.74, 6) is 0.206. The Kier molecular flexibility index (Phi) is 8.06. The molecule has 0 spiro atoms. The Morgan fingerprint density at radius 3 is 2.32 bits per heavy atom. The molecular formula is C21H28FNO2. The Morgan fingerprint density at radius 2 is 1.64 bits per heavy atom. The summed E-state index contributed by atoms with van der Waals surface area (Å²) < 4.78 is 19.0. The van der Waals surface area contributed by atoms with Gasteiger partial charge in [-0.1, -0.05) is 56.3 Å². The van der Waals surface area contributed by atoms with E-state index in [2.05, 4.69) is 30.9 Å². The zero-order chi connectivity index (χ0) is 18.1. The van der Waals surface area contributed by atoms with Gasteiger partial charge in [0.25, 0.3) is 0 Å². The number of benzene rings is 2. The van der Waals surface area contributed by atoms with Crippen LogP contribution in [0.15, 0.2) is 54.6 Å². The van der Waals surface area contributed by atoms with Crippen LogP contribution in [0.5, 0.6) is 0 Å². The molecule has 136 valence electrons. The van der Waals surface area contributed by atoms with Crippen LogP contribution in [0, 0.1) is 11.7 Å². The zero-order valence-electron chi connectivity index (χ0n) is 15.1. The first-order valence-corrected chi connectivity index (χ1v) is 8.79. The Balaban J connectivity index is 1.98. The monoisotopic (exact) mass is 345 g/mol. The highest BCUT2D eigenvalue weighted by Crippen LogP contribution is 2.12. The van der Waals surface area contributed by atoms with Gasteiger partial charge < -0.3 is 9.84 Å². The third-order valence-electron chi connectivity index (χ3n) is 3.77. The Hall–Kier alpha value is -1.75. The maximum absolute atomic E-state index is 13.5. The lowest BCUT2D eigenvalue weighted by molar-refractivity contribution is 0.00553. The highest BCUT2D eigenvalue weighted by atomic mass is 19.1. The largest absolute Gasteiger partial charge is 0.389 e. The molecule has 0 heterocycles. The molecular weight excluding hydrogens is 317 g/mol. The fraction of sp³-hybridized carbons (Fsp3) is 0.429. The molecule has 1 N–H and O–H groups in total. The van der Waals surface area contributed by atoms with E-state index in [1.165, 1.54) is 6.07 Å². The standard InChI is InChI=1S/C21H28FNO2/c1-17(2)15-25-16-21(24)14-23(12-18-7-4-3-5-8-18)13-19-9-6-10-20(22)11-19/h3-11,17,21,24H,12-16H2,1-2H3/t21-/m0/s1. The van der Waals surface area contributed by atoms with Gasteiger partial charge in [-0.05, 0) is 29.2 Å². The summed E-state index contributed by atoms with van der Waals surface area (Å²) in [6.45, 7) is 6.86. The van der Waals surface area contributed by atoms with Crippen molar-refractivity contribution >= 4 is 0 Å². The number of hydrogen-bond donors (Lipinski definition) is 1. The van der Waals surface area contributed by atoms with Gasteiger partial charge in [-0.2, -0.15) is 0 Å². The Labute approximate surface area is 150 Å². The Bertz CT molecular complexity index is 618. The van der Waals surface area contributed by atoms with Crippen molar-refractivity contribution < 1.29 is 14.2 Å². The molecule has 3 nitrogen and oxygen atoms in total. The topological polar surface area (TPSA) is 32.7 Å². The summed E-state index contributed by atoms with van der Waals surface area (Å²) in [6.07, 6.45) is -0.573. The van der Waals surface area contributed by atoms with E-state index in [1.54, 1.807) is 12.1 Å². The molecule has 0 aliphatic rings. The molecule has 0 amide bonds. The van der Waals surface area contributed by atoms with Gasteiger partial charge in [0.1, 0.15) is 5.82 Å². The zero-order valence-corrected chi connectivity index (χ0v) is 15.1. The lowest BCUT2D eigenvalue weighted by atomic mass is 10.1. The van der Waals surface area contributed by atoms with Crippen LogP contribution in [0.25, 0.3) is 0 Å². The van der Waals surface area contributed by atoms with Crippen molar-refractivity contribution in [2.24, 2.45) is 5.92 Å². The molecule has 2 aromatic rings. The number of nitrogens with zero attached hydrogens (tertiary/aromatic N) is 1. The second-order valence-electron chi connectivity index (χ2n) is 6.87. The van der Waals surface area contributed by atoms with E-state index >= 15 is 0 Å². The van der Waals surface area contributed by atoms with E-state index in [-0.39, 0.29) is 5.82 Å². The van der Waals surface area contributed by atoms with Crippen LogP contribution in [0.3, 0.4) is 0 Å². The second kappa shape index (κ2) is 10.3. The molecule has 0 aromatic heterocycles. The van der Waals surface area contributed by atoms with Crippen molar-refractivity contribution in [3.05, 3.63) is 71.5 Å². The average Bonchev–Trinajstić information content (AvgIpc) is 2.55. The van der Waals surface area contributed by atoms with Gasteiger partial charge in [0.15, 0.2) is 0 Å². The molecule has 0 unspecified atom stereocenters. The fourth-order valence-corrected chi connectivity index (χ4v) is 2.71. The summed E-state index contributed by atoms with van der Waals surface area (Å²) in [4.78, 5) is 2.12. The predicted molar refractivity (Wildman–Crippen MR) is 98.6 cm³/mol. The third-order valence-corrected chi connectivity index (χ3v) is 3.77. The smallest absolute Gasteiger partial charge is 0.123 e. The summed E-state index contributed by atoms with van der Waals surface area (Å²) in [6, 6.07) is 16.7. The van der Waals surface area contributed by atoms with Crippen LogP contribution < -0.4 is 0 Å². The molecule has 0 saturated heterocycles. The van der Waals surface area contributed by atoms with Gasteiger partial charge in [0, 0.05) is 26.2 Å². The molecule has 0 fully saturated rings. The van der Waals surface area contributed by atoms with E-state index in [0.717, 1.165) is 11.1 Å². The molecule has 0 bridgehead atoms. The third kappa shape index (κ3) is 7.78. The van der Waals surface area contributed by atoms with E-state index in [1.807, 2.05) is 24.3 Å². The molecule has 0 aliphatic heterocycles. The van der Waals surface area contributed by atoms with Crippen molar-refractivity contribution in [3.8, 4) is 0 Å². The van der Waals surface area contributed by atoms with E-state index in [9.17, 15) is 9.50 Å². The molecule has 25 heavy (non-hydrogen) atoms. The minimum absolute atomic E-state index is 0.238. The van der Waals surface area contributed by atoms with Crippen LogP contribution in [0.2, 0.25) is 0 Å². The van der Waals surface area contributed by atoms with Gasteiger partial charge in [-0.25, -0.2) is 4.39 Å². The van der Waals surface area contributed by atoms with E-state index < -0.39 is 6.10 Å². The highest BCUT2D eigenvalue weighted by molar-refractivity contribution is 5.18. The maximum atomic E-state index is 13.5. The van der Waals surface area contributed by atoms with Crippen molar-refractivity contribution in [2.75, 3.05) is 19.8 Å². The molecule has 4 heteroatoms. The summed E-state index contributed by atoms with van der Waals surface area (Å²) in [7, 11) is 0. The second-order valence-corrected chi connectivity index (χ2v) is 6.87. The van der Waals surface area contributed by atoms with Gasteiger partial charge in [-0.15, -0.1) is 0 Å². The fourth-order valence-electron chi connectivity index (χ4n) is 2.71. The van der Waals surface area contributed by atoms with Gasteiger partial charge in [0.2, 0.25) is 0 Å². The van der Waals surface area contributed by atoms with Crippen molar-refractivity contribution in [1.29, 1.82) is 0 Å². The lowest BCUT2D eigenvalue weighted by Gasteiger charge is -2.25. The summed E-state index contributed by atoms with van der Waals surface area (Å²) in [5.41, 5.74) is 2.06. The SMILES string of the molecule is CC(C)COC[C@@H](O)CN(Cc1ccccc1)Cc1cccc(F)c1. The molecule has 2 rings (SSSR count). The van der Waals surface area contributed by atoms with Crippen molar-refractivity contribution in [1.82, 2.24) is 4.90 Å². The van der Waals surface area contributed by atoms with E-state index in [4.69, 9.17) is 4.74 Å². The summed E-state index contributed by atoms with van der Waals surface area (Å²) >= 11 is 0. The number of aliphatic hydroxyl groups excluding tert-OH is 1. The first-order valence-electron chi connectivity index (χ1n) is 8.79. The molecule has 0 aliphatic carbocycles. The molecule has 2 aromatic carbocycles. The van der Waals surface area contributed by atoms with Crippen molar-refractivity contribution in [2.45, 2.75) is 33.0 Å². The first-order chi connectivity index (χ1) is 12.0. The number of halogens is 1. The predicted octanol–water partition coefficient (Wildman–Crippen LogP) is 3.86. The maximum Gasteiger partial charge on any atom is 0.123 e. The van der Waals surface area contributed by atoms with Crippen LogP contribution in [-0.4, -0.2) is 35.9 Å². The molecule has 1 atom stereocenters. The normalized spacial score (nSPS) is 12.7. The van der Waals surface area contributed by atoms with Crippen LogP contribution in [-0.2, 0) is 17.8 Å².